The minimum atomic E-state index is -0.448. The Morgan fingerprint density at radius 2 is 0.754 bits per heavy atom. The Kier molecular flexibility index (Phi) is 6.19. The van der Waals surface area contributed by atoms with Gasteiger partial charge < -0.3 is 0 Å². The van der Waals surface area contributed by atoms with Crippen molar-refractivity contribution in [1.82, 2.24) is 0 Å². The molecular weight excluding hydrogens is 685 g/mol. The van der Waals surface area contributed by atoms with E-state index in [9.17, 15) is 0 Å². The summed E-state index contributed by atoms with van der Waals surface area (Å²) in [7, 11) is 0. The van der Waals surface area contributed by atoms with E-state index in [2.05, 4.69) is 206 Å². The second-order valence-corrected chi connectivity index (χ2v) is 15.9. The van der Waals surface area contributed by atoms with Gasteiger partial charge in [0, 0.05) is 0 Å². The smallest absolute Gasteiger partial charge is 0.0619 e. The monoisotopic (exact) mass is 718 g/mol. The molecule has 0 fully saturated rings. The highest BCUT2D eigenvalue weighted by atomic mass is 14.5. The average Bonchev–Trinajstić information content (AvgIpc) is 3.75. The van der Waals surface area contributed by atoms with Crippen LogP contribution < -0.4 is 0 Å². The van der Waals surface area contributed by atoms with Gasteiger partial charge in [-0.05, 0) is 145 Å². The quantitative estimate of drug-likeness (QED) is 0.156. The van der Waals surface area contributed by atoms with E-state index in [0.29, 0.717) is 0 Å². The van der Waals surface area contributed by atoms with E-state index in [0.717, 1.165) is 0 Å². The van der Waals surface area contributed by atoms with E-state index < -0.39 is 5.41 Å². The molecule has 262 valence electrons. The van der Waals surface area contributed by atoms with Gasteiger partial charge in [-0.1, -0.05) is 182 Å². The van der Waals surface area contributed by atoms with Crippen LogP contribution in [0.1, 0.15) is 22.3 Å². The standard InChI is InChI=1S/C57H34/c1-2-14-41-39(13-1)33-50(45-18-4-3-15-42(41)45)36-27-25-35(26-28-36)37-29-30-38-32-51-54(34-40(38)31-37)57(52-23-11-9-19-46(52)47-20-10-12-24-53(47)57)56-49-22-8-6-17-44(49)43-16-5-7-21-48(43)55(51)56/h1-34H. The molecule has 0 amide bonds. The molecule has 11 aromatic carbocycles. The zero-order valence-electron chi connectivity index (χ0n) is 31.1. The third-order valence-electron chi connectivity index (χ3n) is 13.2. The van der Waals surface area contributed by atoms with Gasteiger partial charge >= 0.3 is 0 Å². The summed E-state index contributed by atoms with van der Waals surface area (Å²) >= 11 is 0. The fourth-order valence-corrected chi connectivity index (χ4v) is 10.9. The third kappa shape index (κ3) is 4.07. The molecule has 0 unspecified atom stereocenters. The number of rotatable bonds is 2. The molecule has 0 nitrogen and oxygen atoms in total. The summed E-state index contributed by atoms with van der Waals surface area (Å²) < 4.78 is 0. The van der Waals surface area contributed by atoms with Crippen LogP contribution in [0.25, 0.3) is 98.4 Å². The zero-order valence-corrected chi connectivity index (χ0v) is 31.1. The van der Waals surface area contributed by atoms with Crippen molar-refractivity contribution in [3.8, 4) is 44.5 Å². The van der Waals surface area contributed by atoms with Crippen LogP contribution in [0.4, 0.5) is 0 Å². The second kappa shape index (κ2) is 11.4. The van der Waals surface area contributed by atoms with Crippen molar-refractivity contribution in [2.75, 3.05) is 0 Å². The van der Waals surface area contributed by atoms with Crippen molar-refractivity contribution >= 4 is 53.9 Å². The SMILES string of the molecule is c1ccc2c(c1)-c1ccccc1C21c2cc3cc(-c4ccc(-c5cc6ccccc6c6ccccc56)cc4)ccc3cc2-c2c1c1ccccc1c1ccccc21. The first-order valence-electron chi connectivity index (χ1n) is 20.0. The van der Waals surface area contributed by atoms with Gasteiger partial charge in [-0.15, -0.1) is 0 Å². The van der Waals surface area contributed by atoms with Gasteiger partial charge in [0.1, 0.15) is 0 Å². The van der Waals surface area contributed by atoms with Crippen LogP contribution in [-0.2, 0) is 5.41 Å². The highest BCUT2D eigenvalue weighted by molar-refractivity contribution is 6.21. The molecule has 0 heteroatoms. The maximum absolute atomic E-state index is 2.53. The molecule has 0 radical (unpaired) electrons. The molecule has 0 bridgehead atoms. The molecule has 2 aliphatic rings. The van der Waals surface area contributed by atoms with E-state index in [1.54, 1.807) is 0 Å². The summed E-state index contributed by atoms with van der Waals surface area (Å²) in [5.41, 5.74) is 15.4. The summed E-state index contributed by atoms with van der Waals surface area (Å²) in [4.78, 5) is 0. The maximum atomic E-state index is 2.53. The molecule has 0 aromatic heterocycles. The topological polar surface area (TPSA) is 0 Å². The number of fused-ring (bicyclic) bond motifs is 19. The summed E-state index contributed by atoms with van der Waals surface area (Å²) in [5.74, 6) is 0. The van der Waals surface area contributed by atoms with Gasteiger partial charge in [0.05, 0.1) is 5.41 Å². The average molecular weight is 719 g/mol. The van der Waals surface area contributed by atoms with Crippen molar-refractivity contribution < 1.29 is 0 Å². The van der Waals surface area contributed by atoms with Crippen LogP contribution in [-0.4, -0.2) is 0 Å². The van der Waals surface area contributed by atoms with E-state index in [1.165, 1.54) is 121 Å². The van der Waals surface area contributed by atoms with Crippen LogP contribution >= 0.6 is 0 Å². The van der Waals surface area contributed by atoms with Gasteiger partial charge in [0.15, 0.2) is 0 Å². The number of benzene rings is 11. The lowest BCUT2D eigenvalue weighted by atomic mass is 9.69. The Balaban J connectivity index is 1.04. The molecule has 0 heterocycles. The summed E-state index contributed by atoms with van der Waals surface area (Å²) in [5, 5.41) is 12.9. The van der Waals surface area contributed by atoms with Crippen LogP contribution in [0, 0.1) is 0 Å². The Morgan fingerprint density at radius 1 is 0.246 bits per heavy atom. The van der Waals surface area contributed by atoms with Crippen LogP contribution in [0.3, 0.4) is 0 Å². The molecule has 0 atom stereocenters. The van der Waals surface area contributed by atoms with E-state index in [-0.39, 0.29) is 0 Å². The normalized spacial score (nSPS) is 13.4. The molecule has 11 aromatic rings. The molecule has 57 heavy (non-hydrogen) atoms. The summed E-state index contributed by atoms with van der Waals surface area (Å²) in [6.07, 6.45) is 0. The van der Waals surface area contributed by atoms with E-state index in [4.69, 9.17) is 0 Å². The Labute approximate surface area is 330 Å². The number of hydrogen-bond donors (Lipinski definition) is 0. The molecule has 13 rings (SSSR count). The predicted octanol–water partition coefficient (Wildman–Crippen LogP) is 15.1. The Morgan fingerprint density at radius 3 is 1.47 bits per heavy atom. The highest BCUT2D eigenvalue weighted by Crippen LogP contribution is 2.65. The Hall–Kier alpha value is -7.28. The minimum Gasteiger partial charge on any atom is -0.0619 e. The fraction of sp³-hybridized carbons (Fsp3) is 0.0175. The number of hydrogen-bond acceptors (Lipinski definition) is 0. The van der Waals surface area contributed by atoms with Gasteiger partial charge in [-0.25, -0.2) is 0 Å². The fourth-order valence-electron chi connectivity index (χ4n) is 10.9. The van der Waals surface area contributed by atoms with Gasteiger partial charge in [0.25, 0.3) is 0 Å². The van der Waals surface area contributed by atoms with Gasteiger partial charge in [-0.2, -0.15) is 0 Å². The van der Waals surface area contributed by atoms with E-state index >= 15 is 0 Å². The zero-order chi connectivity index (χ0) is 37.2. The van der Waals surface area contributed by atoms with Crippen molar-refractivity contribution in [3.63, 3.8) is 0 Å². The van der Waals surface area contributed by atoms with Crippen molar-refractivity contribution in [3.05, 3.63) is 229 Å². The molecule has 0 saturated heterocycles. The first-order valence-corrected chi connectivity index (χ1v) is 20.0. The first-order chi connectivity index (χ1) is 28.3. The largest absolute Gasteiger partial charge is 0.0731 e. The second-order valence-electron chi connectivity index (χ2n) is 15.9. The van der Waals surface area contributed by atoms with Gasteiger partial charge in [-0.3, -0.25) is 0 Å². The Bertz CT molecular complexity index is 3460. The molecule has 0 saturated carbocycles. The summed E-state index contributed by atoms with van der Waals surface area (Å²) in [6, 6.07) is 77.6. The minimum absolute atomic E-state index is 0.448. The molecule has 0 aliphatic heterocycles. The van der Waals surface area contributed by atoms with Crippen LogP contribution in [0.5, 0.6) is 0 Å². The first kappa shape index (κ1) is 31.0. The van der Waals surface area contributed by atoms with Crippen molar-refractivity contribution in [2.24, 2.45) is 0 Å². The van der Waals surface area contributed by atoms with Crippen molar-refractivity contribution in [2.45, 2.75) is 5.41 Å². The predicted molar refractivity (Wildman–Crippen MR) is 241 cm³/mol. The highest BCUT2D eigenvalue weighted by Gasteiger charge is 2.53. The van der Waals surface area contributed by atoms with Crippen LogP contribution in [0.15, 0.2) is 206 Å². The molecular formula is C57H34. The third-order valence-corrected chi connectivity index (χ3v) is 13.2. The van der Waals surface area contributed by atoms with Crippen molar-refractivity contribution in [1.29, 1.82) is 0 Å². The molecule has 0 N–H and O–H groups in total. The van der Waals surface area contributed by atoms with Crippen LogP contribution in [0.2, 0.25) is 0 Å². The van der Waals surface area contributed by atoms with E-state index in [1.807, 2.05) is 0 Å². The lowest BCUT2D eigenvalue weighted by molar-refractivity contribution is 0.803. The maximum Gasteiger partial charge on any atom is 0.0731 e. The lowest BCUT2D eigenvalue weighted by Crippen LogP contribution is -2.26. The molecule has 1 spiro atoms. The lowest BCUT2D eigenvalue weighted by Gasteiger charge is -2.32. The van der Waals surface area contributed by atoms with Gasteiger partial charge in [0.2, 0.25) is 0 Å². The molecule has 2 aliphatic carbocycles. The summed E-state index contributed by atoms with van der Waals surface area (Å²) in [6.45, 7) is 0.